The van der Waals surface area contributed by atoms with Crippen LogP contribution < -0.4 is 62.0 Å². The smallest absolute Gasteiger partial charge is 0.480 e. The van der Waals surface area contributed by atoms with Gasteiger partial charge in [0.15, 0.2) is 0 Å². The Kier molecular flexibility index (Phi) is 15.7. The number of methoxy groups -OCH3 is 1. The normalized spacial score (nSPS) is 18.9. The molecule has 1 aliphatic heterocycles. The predicted molar refractivity (Wildman–Crippen MR) is 143 cm³/mol. The molecule has 1 aromatic rings. The molecule has 14 heteroatoms. The van der Waals surface area contributed by atoms with E-state index in [0.717, 1.165) is 50.9 Å². The third-order valence-electron chi connectivity index (χ3n) is 7.32. The van der Waals surface area contributed by atoms with Crippen molar-refractivity contribution in [3.8, 4) is 0 Å². The van der Waals surface area contributed by atoms with Crippen molar-refractivity contribution in [1.82, 2.24) is 25.3 Å². The van der Waals surface area contributed by atoms with E-state index in [1.807, 2.05) is 23.6 Å². The fourth-order valence-corrected chi connectivity index (χ4v) is 4.76. The molecule has 0 radical (unpaired) electrons. The number of nitrogens with one attached hydrogen (secondary N) is 2. The molecule has 1 amide bonds. The van der Waals surface area contributed by atoms with Crippen molar-refractivity contribution in [3.63, 3.8) is 0 Å². The van der Waals surface area contributed by atoms with Gasteiger partial charge in [-0.1, -0.05) is 12.8 Å². The standard InChI is InChI=1S/C28H39F4N5O4.K/c1-41-22(18-29)20-36(16-6-4-2-3-5-8-21-9-7-14-33-19-21)17-11-23(25(38)39)35-26(40)27(12-13-27)37-24(10-15-34-37)28(30,31)32;/h5,8,10,15,19,22-23,33H,2,4,6-7,9,11-14,16-18,20H2,1H3,(H,35,40)(H,38,39);/q-2;+1/b21-8-;. The molecule has 3 rings (SSSR count). The fraction of sp³-hybridized carbons (Fsp3) is 0.643. The summed E-state index contributed by atoms with van der Waals surface area (Å²) in [5.41, 5.74) is -1.40. The molecular weight excluding hydrogens is 585 g/mol. The molecule has 2 fully saturated rings. The van der Waals surface area contributed by atoms with Crippen molar-refractivity contribution in [2.45, 2.75) is 75.2 Å². The minimum absolute atomic E-state index is 0. The predicted octanol–water partition coefficient (Wildman–Crippen LogP) is 0.642. The van der Waals surface area contributed by atoms with Crippen LogP contribution in [0.2, 0.25) is 0 Å². The molecule has 1 saturated heterocycles. The number of amides is 1. The molecule has 9 nitrogen and oxygen atoms in total. The van der Waals surface area contributed by atoms with Crippen LogP contribution in [0, 0.1) is 12.6 Å². The molecule has 42 heavy (non-hydrogen) atoms. The largest absolute Gasteiger partial charge is 1.00 e. The molecular formula is C28H39F4KN5O4-. The van der Waals surface area contributed by atoms with Crippen LogP contribution in [0.1, 0.15) is 57.1 Å². The van der Waals surface area contributed by atoms with Crippen molar-refractivity contribution >= 4 is 11.9 Å². The summed E-state index contributed by atoms with van der Waals surface area (Å²) in [5, 5.41) is 19.1. The van der Waals surface area contributed by atoms with E-state index in [-0.39, 0.29) is 83.7 Å². The summed E-state index contributed by atoms with van der Waals surface area (Å²) in [5.74, 6) is -2.12. The first-order valence-corrected chi connectivity index (χ1v) is 13.9. The zero-order valence-electron chi connectivity index (χ0n) is 24.3. The van der Waals surface area contributed by atoms with Crippen molar-refractivity contribution in [3.05, 3.63) is 48.3 Å². The Bertz CT molecular complexity index is 1050. The van der Waals surface area contributed by atoms with Gasteiger partial charge in [-0.25, -0.2) is 31.6 Å². The molecule has 1 saturated carbocycles. The van der Waals surface area contributed by atoms with E-state index in [0.29, 0.717) is 11.2 Å². The van der Waals surface area contributed by atoms with Crippen LogP contribution >= 0.6 is 0 Å². The number of allylic oxidation sites excluding steroid dienone is 3. The number of ether oxygens (including phenoxy) is 1. The van der Waals surface area contributed by atoms with Crippen molar-refractivity contribution in [1.29, 1.82) is 0 Å². The van der Waals surface area contributed by atoms with Gasteiger partial charge in [-0.2, -0.15) is 24.8 Å². The van der Waals surface area contributed by atoms with E-state index in [1.54, 1.807) is 0 Å². The quantitative estimate of drug-likeness (QED) is 0.101. The van der Waals surface area contributed by atoms with Crippen molar-refractivity contribution in [2.75, 3.05) is 40.0 Å². The number of piperidine rings is 1. The second-order valence-electron chi connectivity index (χ2n) is 10.4. The molecule has 0 spiro atoms. The van der Waals surface area contributed by atoms with Crippen LogP contribution in [0.4, 0.5) is 17.6 Å². The van der Waals surface area contributed by atoms with Crippen LogP contribution in [0.5, 0.6) is 0 Å². The number of hydrogen-bond donors (Lipinski definition) is 3. The molecule has 230 valence electrons. The summed E-state index contributed by atoms with van der Waals surface area (Å²) in [6.45, 7) is 3.28. The maximum absolute atomic E-state index is 13.4. The third-order valence-corrected chi connectivity index (χ3v) is 7.32. The number of alkyl halides is 4. The Hall–Kier alpha value is -1.26. The molecule has 0 bridgehead atoms. The number of nitrogens with zero attached hydrogens (tertiary/aromatic N) is 3. The molecule has 1 aliphatic carbocycles. The average molecular weight is 625 g/mol. The Morgan fingerprint density at radius 2 is 2.12 bits per heavy atom. The van der Waals surface area contributed by atoms with Gasteiger partial charge < -0.3 is 25.4 Å². The fourth-order valence-electron chi connectivity index (χ4n) is 4.76. The summed E-state index contributed by atoms with van der Waals surface area (Å²) in [4.78, 5) is 26.9. The number of hydrogen-bond acceptors (Lipinski definition) is 6. The van der Waals surface area contributed by atoms with Crippen LogP contribution in [-0.2, 0) is 26.0 Å². The monoisotopic (exact) mass is 624 g/mol. The van der Waals surface area contributed by atoms with Gasteiger partial charge in [0.2, 0.25) is 5.91 Å². The van der Waals surface area contributed by atoms with E-state index in [4.69, 9.17) is 4.74 Å². The Morgan fingerprint density at radius 3 is 2.71 bits per heavy atom. The number of rotatable bonds is 17. The number of aromatic nitrogens is 2. The van der Waals surface area contributed by atoms with Crippen molar-refractivity contribution in [2.24, 2.45) is 0 Å². The molecule has 2 aliphatic rings. The number of aliphatic carboxylic acids is 1. The van der Waals surface area contributed by atoms with Gasteiger partial charge in [0.05, 0.1) is 6.10 Å². The first kappa shape index (κ1) is 36.9. The van der Waals surface area contributed by atoms with Gasteiger partial charge in [-0.15, -0.1) is 6.42 Å². The summed E-state index contributed by atoms with van der Waals surface area (Å²) in [6.07, 6.45) is 7.41. The van der Waals surface area contributed by atoms with E-state index in [2.05, 4.69) is 21.8 Å². The SMILES string of the molecule is COC(CF)CN(CCCC[C-]=C/C=C1\[CH-]NCCC1)CCC(NC(=O)C1(n2nccc2C(F)(F)F)CC1)C(=O)O.[K+]. The van der Waals surface area contributed by atoms with E-state index in [9.17, 15) is 32.3 Å². The van der Waals surface area contributed by atoms with Gasteiger partial charge >= 0.3 is 63.5 Å². The Morgan fingerprint density at radius 1 is 1.36 bits per heavy atom. The first-order valence-electron chi connectivity index (χ1n) is 13.9. The Balaban J connectivity index is 0.00000616. The molecule has 1 aromatic heterocycles. The van der Waals surface area contributed by atoms with Crippen LogP contribution in [0.25, 0.3) is 0 Å². The van der Waals surface area contributed by atoms with Gasteiger partial charge in [-0.05, 0) is 51.3 Å². The third kappa shape index (κ3) is 11.0. The average Bonchev–Trinajstić information content (AvgIpc) is 3.59. The second kappa shape index (κ2) is 17.9. The number of halogens is 4. The molecule has 2 atom stereocenters. The minimum atomic E-state index is -4.70. The molecule has 0 aromatic carbocycles. The summed E-state index contributed by atoms with van der Waals surface area (Å²) in [6, 6.07) is -0.552. The molecule has 2 heterocycles. The first-order chi connectivity index (χ1) is 19.6. The van der Waals surface area contributed by atoms with Gasteiger partial charge in [0.25, 0.3) is 0 Å². The minimum Gasteiger partial charge on any atom is -0.480 e. The summed E-state index contributed by atoms with van der Waals surface area (Å²) < 4.78 is 59.3. The number of carbonyl (C=O) groups is 2. The summed E-state index contributed by atoms with van der Waals surface area (Å²) in [7, 11) is 1.40. The van der Waals surface area contributed by atoms with E-state index >= 15 is 0 Å². The maximum Gasteiger partial charge on any atom is 1.00 e. The number of carboxylic acids is 1. The Labute approximate surface area is 286 Å². The van der Waals surface area contributed by atoms with Crippen LogP contribution in [-0.4, -0.2) is 83.8 Å². The van der Waals surface area contributed by atoms with E-state index < -0.39 is 48.1 Å². The zero-order chi connectivity index (χ0) is 29.9. The number of carboxylic acid groups (broad SMARTS) is 1. The molecule has 3 N–H and O–H groups in total. The number of unbranched alkanes of at least 4 members (excludes halogenated alkanes) is 2. The topological polar surface area (TPSA) is 109 Å². The summed E-state index contributed by atoms with van der Waals surface area (Å²) >= 11 is 0. The van der Waals surface area contributed by atoms with Gasteiger partial charge in [-0.3, -0.25) is 10.9 Å². The van der Waals surface area contributed by atoms with Crippen molar-refractivity contribution < 1.29 is 88.4 Å². The van der Waals surface area contributed by atoms with Crippen LogP contribution in [0.15, 0.2) is 30.0 Å². The zero-order valence-corrected chi connectivity index (χ0v) is 27.4. The second-order valence-corrected chi connectivity index (χ2v) is 10.4. The van der Waals surface area contributed by atoms with Gasteiger partial charge in [0.1, 0.15) is 23.9 Å². The van der Waals surface area contributed by atoms with E-state index in [1.165, 1.54) is 12.7 Å². The number of carbonyl (C=O) groups excluding carboxylic acids is 1. The maximum atomic E-state index is 13.4. The van der Waals surface area contributed by atoms with Gasteiger partial charge in [0, 0.05) is 26.4 Å². The molecule has 2 unspecified atom stereocenters. The van der Waals surface area contributed by atoms with Crippen LogP contribution in [0.3, 0.4) is 0 Å².